The number of carbonyl (C=O) groups excluding carboxylic acids is 2. The van der Waals surface area contributed by atoms with Crippen molar-refractivity contribution < 1.29 is 9.59 Å². The molecule has 0 unspecified atom stereocenters. The highest BCUT2D eigenvalue weighted by Crippen LogP contribution is 2.32. The maximum absolute atomic E-state index is 12.0. The minimum Gasteiger partial charge on any atom is -0.352 e. The fourth-order valence-electron chi connectivity index (χ4n) is 2.37. The Morgan fingerprint density at radius 3 is 2.91 bits per heavy atom. The second-order valence-corrected chi connectivity index (χ2v) is 5.79. The quantitative estimate of drug-likeness (QED) is 0.844. The Hall–Kier alpha value is -2.70. The summed E-state index contributed by atoms with van der Waals surface area (Å²) in [6.45, 7) is 2.16. The molecule has 0 aliphatic heterocycles. The topological polar surface area (TPSA) is 88.9 Å². The summed E-state index contributed by atoms with van der Waals surface area (Å²) in [7, 11) is 0. The van der Waals surface area contributed by atoms with Crippen molar-refractivity contribution in [1.29, 1.82) is 0 Å². The molecule has 1 aliphatic rings. The molecule has 0 saturated heterocycles. The van der Waals surface area contributed by atoms with Gasteiger partial charge in [0.15, 0.2) is 0 Å². The number of nitrogens with one attached hydrogen (secondary N) is 2. The third-order valence-corrected chi connectivity index (χ3v) is 3.81. The number of hydrogen-bond acceptors (Lipinski definition) is 4. The SMILES string of the molecule is C[C@H](NC(=O)Cn1cc(NC(=O)c2ccccn2)cn1)C1CC1. The Morgan fingerprint density at radius 1 is 1.39 bits per heavy atom. The second kappa shape index (κ2) is 6.60. The van der Waals surface area contributed by atoms with Crippen molar-refractivity contribution in [2.24, 2.45) is 5.92 Å². The van der Waals surface area contributed by atoms with E-state index in [9.17, 15) is 9.59 Å². The van der Waals surface area contributed by atoms with E-state index in [1.165, 1.54) is 23.7 Å². The Labute approximate surface area is 134 Å². The zero-order chi connectivity index (χ0) is 16.2. The Balaban J connectivity index is 1.53. The van der Waals surface area contributed by atoms with Gasteiger partial charge in [-0.2, -0.15) is 5.10 Å². The summed E-state index contributed by atoms with van der Waals surface area (Å²) in [5.41, 5.74) is 0.861. The van der Waals surface area contributed by atoms with Crippen molar-refractivity contribution in [3.8, 4) is 0 Å². The molecule has 1 aliphatic carbocycles. The van der Waals surface area contributed by atoms with E-state index in [2.05, 4.69) is 20.7 Å². The summed E-state index contributed by atoms with van der Waals surface area (Å²) in [5.74, 6) is 0.233. The zero-order valence-corrected chi connectivity index (χ0v) is 12.9. The van der Waals surface area contributed by atoms with Gasteiger partial charge >= 0.3 is 0 Å². The van der Waals surface area contributed by atoms with Gasteiger partial charge < -0.3 is 10.6 Å². The summed E-state index contributed by atoms with van der Waals surface area (Å²) in [4.78, 5) is 27.9. The van der Waals surface area contributed by atoms with Gasteiger partial charge in [-0.3, -0.25) is 19.3 Å². The molecule has 23 heavy (non-hydrogen) atoms. The monoisotopic (exact) mass is 313 g/mol. The molecule has 0 bridgehead atoms. The Bertz CT molecular complexity index is 694. The van der Waals surface area contributed by atoms with E-state index in [-0.39, 0.29) is 24.4 Å². The van der Waals surface area contributed by atoms with Gasteiger partial charge in [-0.25, -0.2) is 0 Å². The molecule has 2 amide bonds. The summed E-state index contributed by atoms with van der Waals surface area (Å²) >= 11 is 0. The van der Waals surface area contributed by atoms with Gasteiger partial charge in [0, 0.05) is 18.4 Å². The predicted octanol–water partition coefficient (Wildman–Crippen LogP) is 1.45. The van der Waals surface area contributed by atoms with E-state index in [4.69, 9.17) is 0 Å². The number of anilines is 1. The van der Waals surface area contributed by atoms with Crippen LogP contribution in [0.2, 0.25) is 0 Å². The van der Waals surface area contributed by atoms with Crippen LogP contribution in [0, 0.1) is 5.92 Å². The molecule has 2 heterocycles. The van der Waals surface area contributed by atoms with Gasteiger partial charge in [-0.15, -0.1) is 0 Å². The summed E-state index contributed by atoms with van der Waals surface area (Å²) in [5, 5.41) is 9.76. The van der Waals surface area contributed by atoms with Crippen LogP contribution >= 0.6 is 0 Å². The lowest BCUT2D eigenvalue weighted by Crippen LogP contribution is -2.36. The highest BCUT2D eigenvalue weighted by molar-refractivity contribution is 6.02. The molecule has 7 nitrogen and oxygen atoms in total. The van der Waals surface area contributed by atoms with Crippen molar-refractivity contribution in [2.75, 3.05) is 5.32 Å². The van der Waals surface area contributed by atoms with Gasteiger partial charge in [0.05, 0.1) is 11.9 Å². The maximum Gasteiger partial charge on any atom is 0.274 e. The first-order chi connectivity index (χ1) is 11.1. The van der Waals surface area contributed by atoms with Crippen molar-refractivity contribution in [3.05, 3.63) is 42.5 Å². The molecule has 0 aromatic carbocycles. The van der Waals surface area contributed by atoms with Gasteiger partial charge in [-0.1, -0.05) is 6.07 Å². The number of aromatic nitrogens is 3. The lowest BCUT2D eigenvalue weighted by Gasteiger charge is -2.12. The average Bonchev–Trinajstić information content (AvgIpc) is 3.31. The predicted molar refractivity (Wildman–Crippen MR) is 84.7 cm³/mol. The summed E-state index contributed by atoms with van der Waals surface area (Å²) in [6, 6.07) is 5.33. The van der Waals surface area contributed by atoms with E-state index < -0.39 is 0 Å². The zero-order valence-electron chi connectivity index (χ0n) is 12.9. The van der Waals surface area contributed by atoms with E-state index in [0.717, 1.165) is 0 Å². The van der Waals surface area contributed by atoms with Crippen LogP contribution in [0.5, 0.6) is 0 Å². The molecule has 1 fully saturated rings. The molecule has 3 rings (SSSR count). The summed E-state index contributed by atoms with van der Waals surface area (Å²) in [6.07, 6.45) is 7.07. The Morgan fingerprint density at radius 2 is 2.22 bits per heavy atom. The minimum absolute atomic E-state index is 0.0740. The molecule has 2 aromatic rings. The molecule has 0 radical (unpaired) electrons. The van der Waals surface area contributed by atoms with Crippen LogP contribution in [0.1, 0.15) is 30.3 Å². The van der Waals surface area contributed by atoms with Crippen LogP contribution in [0.25, 0.3) is 0 Å². The number of nitrogens with zero attached hydrogens (tertiary/aromatic N) is 3. The van der Waals surface area contributed by atoms with Crippen LogP contribution in [-0.2, 0) is 11.3 Å². The van der Waals surface area contributed by atoms with Crippen LogP contribution in [-0.4, -0.2) is 32.6 Å². The fraction of sp³-hybridized carbons (Fsp3) is 0.375. The summed E-state index contributed by atoms with van der Waals surface area (Å²) < 4.78 is 1.50. The lowest BCUT2D eigenvalue weighted by molar-refractivity contribution is -0.122. The van der Waals surface area contributed by atoms with E-state index >= 15 is 0 Å². The van der Waals surface area contributed by atoms with Gasteiger partial charge in [-0.05, 0) is 37.8 Å². The molecule has 2 aromatic heterocycles. The second-order valence-electron chi connectivity index (χ2n) is 5.79. The van der Waals surface area contributed by atoms with Gasteiger partial charge in [0.2, 0.25) is 5.91 Å². The van der Waals surface area contributed by atoms with E-state index in [1.54, 1.807) is 30.6 Å². The third-order valence-electron chi connectivity index (χ3n) is 3.81. The number of pyridine rings is 1. The smallest absolute Gasteiger partial charge is 0.274 e. The largest absolute Gasteiger partial charge is 0.352 e. The molecular formula is C16H19N5O2. The normalized spacial score (nSPS) is 15.0. The highest BCUT2D eigenvalue weighted by atomic mass is 16.2. The highest BCUT2D eigenvalue weighted by Gasteiger charge is 2.28. The lowest BCUT2D eigenvalue weighted by atomic mass is 10.2. The molecule has 0 spiro atoms. The minimum atomic E-state index is -0.308. The van der Waals surface area contributed by atoms with Crippen molar-refractivity contribution >= 4 is 17.5 Å². The van der Waals surface area contributed by atoms with E-state index in [1.807, 2.05) is 6.92 Å². The van der Waals surface area contributed by atoms with Crippen LogP contribution in [0.4, 0.5) is 5.69 Å². The van der Waals surface area contributed by atoms with Crippen molar-refractivity contribution in [1.82, 2.24) is 20.1 Å². The number of hydrogen-bond donors (Lipinski definition) is 2. The van der Waals surface area contributed by atoms with Crippen molar-refractivity contribution in [2.45, 2.75) is 32.4 Å². The molecular weight excluding hydrogens is 294 g/mol. The first-order valence-electron chi connectivity index (χ1n) is 7.66. The first-order valence-corrected chi connectivity index (χ1v) is 7.66. The molecule has 7 heteroatoms. The molecule has 2 N–H and O–H groups in total. The maximum atomic E-state index is 12.0. The van der Waals surface area contributed by atoms with Gasteiger partial charge in [0.1, 0.15) is 12.2 Å². The van der Waals surface area contributed by atoms with Crippen molar-refractivity contribution in [3.63, 3.8) is 0 Å². The standard InChI is InChI=1S/C16H19N5O2/c1-11(12-5-6-12)19-15(22)10-21-9-13(8-18-21)20-16(23)14-4-2-3-7-17-14/h2-4,7-9,11-12H,5-6,10H2,1H3,(H,19,22)(H,20,23)/t11-/m0/s1. The number of rotatable bonds is 6. The van der Waals surface area contributed by atoms with Crippen LogP contribution < -0.4 is 10.6 Å². The van der Waals surface area contributed by atoms with Crippen LogP contribution in [0.3, 0.4) is 0 Å². The first kappa shape index (κ1) is 15.2. The number of amides is 2. The molecule has 1 saturated carbocycles. The average molecular weight is 313 g/mol. The third kappa shape index (κ3) is 4.15. The number of carbonyl (C=O) groups is 2. The van der Waals surface area contributed by atoms with Crippen LogP contribution in [0.15, 0.2) is 36.8 Å². The molecule has 1 atom stereocenters. The van der Waals surface area contributed by atoms with E-state index in [0.29, 0.717) is 17.3 Å². The Kier molecular flexibility index (Phi) is 4.36. The fourth-order valence-corrected chi connectivity index (χ4v) is 2.37. The molecule has 120 valence electrons. The van der Waals surface area contributed by atoms with Gasteiger partial charge in [0.25, 0.3) is 5.91 Å².